The van der Waals surface area contributed by atoms with Gasteiger partial charge in [0.05, 0.1) is 17.5 Å². The first kappa shape index (κ1) is 20.6. The standard InChI is InChI=1S/C20H19ClN6O2.ClH/c1-11-2-3-13(8-15(11)21)20-25-18(26-29-20)14-10-23-27-16(9-17(28)24-19(14)27)12-4-6-22-7-5-12;/h2-3,8-10,12,22H,4-7H2,1H3,(H,24,28);1H. The fraction of sp³-hybridized carbons (Fsp3) is 0.300. The number of aryl methyl sites for hydroxylation is 1. The van der Waals surface area contributed by atoms with Crippen molar-refractivity contribution in [3.05, 3.63) is 57.1 Å². The van der Waals surface area contributed by atoms with Crippen LogP contribution >= 0.6 is 24.0 Å². The monoisotopic (exact) mass is 446 g/mol. The van der Waals surface area contributed by atoms with Gasteiger partial charge in [0.2, 0.25) is 5.82 Å². The van der Waals surface area contributed by atoms with E-state index in [4.69, 9.17) is 16.1 Å². The molecule has 0 aliphatic carbocycles. The lowest BCUT2D eigenvalue weighted by Gasteiger charge is -2.23. The summed E-state index contributed by atoms with van der Waals surface area (Å²) in [5.41, 5.74) is 3.64. The molecular formula is C20H20Cl2N6O2. The van der Waals surface area contributed by atoms with E-state index in [0.29, 0.717) is 27.9 Å². The number of nitrogens with one attached hydrogen (secondary N) is 2. The predicted molar refractivity (Wildman–Crippen MR) is 116 cm³/mol. The van der Waals surface area contributed by atoms with E-state index >= 15 is 0 Å². The lowest BCUT2D eigenvalue weighted by molar-refractivity contribution is 0.432. The molecule has 30 heavy (non-hydrogen) atoms. The molecule has 4 aromatic rings. The number of aromatic amines is 1. The van der Waals surface area contributed by atoms with Crippen molar-refractivity contribution >= 4 is 29.7 Å². The minimum absolute atomic E-state index is 0. The van der Waals surface area contributed by atoms with Crippen molar-refractivity contribution in [2.24, 2.45) is 0 Å². The molecule has 0 bridgehead atoms. The van der Waals surface area contributed by atoms with Crippen molar-refractivity contribution in [2.75, 3.05) is 13.1 Å². The summed E-state index contributed by atoms with van der Waals surface area (Å²) >= 11 is 6.21. The van der Waals surface area contributed by atoms with Crippen LogP contribution in [0.25, 0.3) is 28.5 Å². The Morgan fingerprint density at radius 1 is 1.23 bits per heavy atom. The number of rotatable bonds is 3. The number of hydrogen-bond donors (Lipinski definition) is 2. The van der Waals surface area contributed by atoms with Crippen molar-refractivity contribution < 1.29 is 4.52 Å². The van der Waals surface area contributed by atoms with E-state index in [1.54, 1.807) is 22.8 Å². The summed E-state index contributed by atoms with van der Waals surface area (Å²) in [5, 5.41) is 12.6. The topological polar surface area (TPSA) is 101 Å². The molecule has 0 saturated carbocycles. The number of piperidine rings is 1. The van der Waals surface area contributed by atoms with Crippen LogP contribution in [0.2, 0.25) is 5.02 Å². The maximum Gasteiger partial charge on any atom is 0.258 e. The lowest BCUT2D eigenvalue weighted by atomic mass is 9.94. The van der Waals surface area contributed by atoms with Crippen molar-refractivity contribution in [2.45, 2.75) is 25.7 Å². The Hall–Kier alpha value is -2.68. The van der Waals surface area contributed by atoms with Crippen LogP contribution in [0.1, 0.15) is 30.0 Å². The molecule has 0 atom stereocenters. The Morgan fingerprint density at radius 2 is 2.03 bits per heavy atom. The third kappa shape index (κ3) is 3.62. The molecule has 10 heteroatoms. The SMILES string of the molecule is Cc1ccc(-c2nc(-c3cnn4c(C5CCNCC5)cc(=O)[nH]c34)no2)cc1Cl.Cl. The molecule has 8 nitrogen and oxygen atoms in total. The highest BCUT2D eigenvalue weighted by molar-refractivity contribution is 6.31. The summed E-state index contributed by atoms with van der Waals surface area (Å²) in [7, 11) is 0. The second-order valence-electron chi connectivity index (χ2n) is 7.29. The fourth-order valence-electron chi connectivity index (χ4n) is 3.76. The van der Waals surface area contributed by atoms with Gasteiger partial charge in [-0.2, -0.15) is 10.1 Å². The number of nitrogens with zero attached hydrogens (tertiary/aromatic N) is 4. The van der Waals surface area contributed by atoms with E-state index in [9.17, 15) is 4.79 Å². The fourth-order valence-corrected chi connectivity index (χ4v) is 3.94. The molecule has 1 fully saturated rings. The summed E-state index contributed by atoms with van der Waals surface area (Å²) in [5.74, 6) is 1.01. The maximum atomic E-state index is 12.3. The largest absolute Gasteiger partial charge is 0.334 e. The second-order valence-corrected chi connectivity index (χ2v) is 7.70. The Kier molecular flexibility index (Phi) is 5.64. The molecule has 1 aliphatic rings. The third-order valence-corrected chi connectivity index (χ3v) is 5.78. The first-order valence-corrected chi connectivity index (χ1v) is 9.90. The van der Waals surface area contributed by atoms with Gasteiger partial charge in [-0.1, -0.05) is 22.8 Å². The third-order valence-electron chi connectivity index (χ3n) is 5.38. The number of halogens is 2. The van der Waals surface area contributed by atoms with Crippen LogP contribution in [0.15, 0.2) is 39.8 Å². The number of aromatic nitrogens is 5. The lowest BCUT2D eigenvalue weighted by Crippen LogP contribution is -2.28. The van der Waals surface area contributed by atoms with Gasteiger partial charge in [0.25, 0.3) is 11.4 Å². The van der Waals surface area contributed by atoms with Crippen molar-refractivity contribution in [1.82, 2.24) is 30.1 Å². The second kappa shape index (κ2) is 8.22. The summed E-state index contributed by atoms with van der Waals surface area (Å²) in [4.78, 5) is 19.7. The molecule has 0 amide bonds. The predicted octanol–water partition coefficient (Wildman–Crippen LogP) is 3.59. The Bertz CT molecular complexity index is 1260. The van der Waals surface area contributed by atoms with Crippen molar-refractivity contribution in [3.63, 3.8) is 0 Å². The molecule has 1 saturated heterocycles. The van der Waals surface area contributed by atoms with Crippen LogP contribution < -0.4 is 10.9 Å². The van der Waals surface area contributed by atoms with Crippen molar-refractivity contribution in [1.29, 1.82) is 0 Å². The maximum absolute atomic E-state index is 12.3. The average Bonchev–Trinajstić information content (AvgIpc) is 3.37. The Balaban J connectivity index is 0.00000218. The minimum atomic E-state index is -0.165. The van der Waals surface area contributed by atoms with Gasteiger partial charge in [-0.25, -0.2) is 4.52 Å². The van der Waals surface area contributed by atoms with Gasteiger partial charge >= 0.3 is 0 Å². The van der Waals surface area contributed by atoms with Crippen LogP contribution in [0.4, 0.5) is 0 Å². The zero-order valence-corrected chi connectivity index (χ0v) is 17.8. The summed E-state index contributed by atoms with van der Waals surface area (Å²) in [6.45, 7) is 3.79. The van der Waals surface area contributed by atoms with E-state index in [1.807, 2.05) is 19.1 Å². The minimum Gasteiger partial charge on any atom is -0.334 e. The van der Waals surface area contributed by atoms with Gasteiger partial charge in [0, 0.05) is 22.6 Å². The van der Waals surface area contributed by atoms with Gasteiger partial charge in [0.15, 0.2) is 0 Å². The normalized spacial score (nSPS) is 14.7. The molecule has 0 spiro atoms. The van der Waals surface area contributed by atoms with Gasteiger partial charge in [-0.05, 0) is 50.6 Å². The molecular weight excluding hydrogens is 427 g/mol. The van der Waals surface area contributed by atoms with Crippen LogP contribution in [-0.2, 0) is 0 Å². The average molecular weight is 447 g/mol. The molecule has 2 N–H and O–H groups in total. The van der Waals surface area contributed by atoms with Gasteiger partial charge in [0.1, 0.15) is 5.65 Å². The van der Waals surface area contributed by atoms with Crippen LogP contribution in [0, 0.1) is 6.92 Å². The number of fused-ring (bicyclic) bond motifs is 1. The molecule has 3 aromatic heterocycles. The molecule has 156 valence electrons. The quantitative estimate of drug-likeness (QED) is 0.498. The van der Waals surface area contributed by atoms with E-state index in [0.717, 1.165) is 42.8 Å². The smallest absolute Gasteiger partial charge is 0.258 e. The van der Waals surface area contributed by atoms with Crippen LogP contribution in [-0.4, -0.2) is 37.8 Å². The highest BCUT2D eigenvalue weighted by Gasteiger charge is 2.22. The molecule has 4 heterocycles. The summed E-state index contributed by atoms with van der Waals surface area (Å²) in [6, 6.07) is 7.21. The van der Waals surface area contributed by atoms with Crippen LogP contribution in [0.5, 0.6) is 0 Å². The van der Waals surface area contributed by atoms with Crippen molar-refractivity contribution in [3.8, 4) is 22.8 Å². The number of hydrogen-bond acceptors (Lipinski definition) is 6. The van der Waals surface area contributed by atoms with E-state index in [-0.39, 0.29) is 23.9 Å². The van der Waals surface area contributed by atoms with Gasteiger partial charge in [-0.15, -0.1) is 12.4 Å². The summed E-state index contributed by atoms with van der Waals surface area (Å²) in [6.07, 6.45) is 3.59. The van der Waals surface area contributed by atoms with Gasteiger partial charge in [-0.3, -0.25) is 4.79 Å². The van der Waals surface area contributed by atoms with E-state index in [1.165, 1.54) is 0 Å². The van der Waals surface area contributed by atoms with E-state index in [2.05, 4.69) is 25.5 Å². The Morgan fingerprint density at radius 3 is 2.80 bits per heavy atom. The number of benzene rings is 1. The zero-order chi connectivity index (χ0) is 20.0. The molecule has 0 radical (unpaired) electrons. The number of H-pyrrole nitrogens is 1. The molecule has 0 unspecified atom stereocenters. The molecule has 1 aliphatic heterocycles. The molecule has 1 aromatic carbocycles. The highest BCUT2D eigenvalue weighted by Crippen LogP contribution is 2.29. The first-order valence-electron chi connectivity index (χ1n) is 9.52. The van der Waals surface area contributed by atoms with E-state index < -0.39 is 0 Å². The first-order chi connectivity index (χ1) is 14.1. The Labute approximate surface area is 183 Å². The molecule has 5 rings (SSSR count). The highest BCUT2D eigenvalue weighted by atomic mass is 35.5. The van der Waals surface area contributed by atoms with Crippen LogP contribution in [0.3, 0.4) is 0 Å². The summed E-state index contributed by atoms with van der Waals surface area (Å²) < 4.78 is 7.22. The van der Waals surface area contributed by atoms with Gasteiger partial charge < -0.3 is 14.8 Å². The zero-order valence-electron chi connectivity index (χ0n) is 16.2.